The predicted molar refractivity (Wildman–Crippen MR) is 88.4 cm³/mol. The SMILES string of the molecule is COC(=O)/C=C(/Nc1cccc(N2CCCCC2=O)c1)C(=O)OC. The Morgan fingerprint density at radius 3 is 2.67 bits per heavy atom. The van der Waals surface area contributed by atoms with E-state index in [9.17, 15) is 14.4 Å². The summed E-state index contributed by atoms with van der Waals surface area (Å²) in [6.45, 7) is 0.671. The molecule has 0 aliphatic carbocycles. The molecule has 1 aliphatic heterocycles. The Hall–Kier alpha value is -2.83. The molecule has 1 aliphatic rings. The Morgan fingerprint density at radius 1 is 1.21 bits per heavy atom. The fraction of sp³-hybridized carbons (Fsp3) is 0.353. The first-order chi connectivity index (χ1) is 11.5. The van der Waals surface area contributed by atoms with Crippen LogP contribution in [0.4, 0.5) is 11.4 Å². The minimum absolute atomic E-state index is 0.0496. The van der Waals surface area contributed by atoms with Crippen molar-refractivity contribution in [3.8, 4) is 0 Å². The highest BCUT2D eigenvalue weighted by Crippen LogP contribution is 2.24. The average molecular weight is 332 g/mol. The molecule has 1 amide bonds. The van der Waals surface area contributed by atoms with Crippen molar-refractivity contribution < 1.29 is 23.9 Å². The van der Waals surface area contributed by atoms with Gasteiger partial charge in [0.2, 0.25) is 5.91 Å². The molecule has 0 bridgehead atoms. The van der Waals surface area contributed by atoms with Gasteiger partial charge in [0.05, 0.1) is 20.3 Å². The van der Waals surface area contributed by atoms with Crippen LogP contribution in [-0.4, -0.2) is 38.6 Å². The number of carbonyl (C=O) groups excluding carboxylic acids is 3. The number of hydrogen-bond acceptors (Lipinski definition) is 6. The van der Waals surface area contributed by atoms with Gasteiger partial charge in [-0.05, 0) is 31.0 Å². The molecule has 1 N–H and O–H groups in total. The van der Waals surface area contributed by atoms with Gasteiger partial charge in [0.15, 0.2) is 0 Å². The van der Waals surface area contributed by atoms with Crippen LogP contribution in [0.5, 0.6) is 0 Å². The van der Waals surface area contributed by atoms with Gasteiger partial charge in [0.25, 0.3) is 0 Å². The number of amides is 1. The molecule has 0 saturated carbocycles. The number of nitrogens with zero attached hydrogens (tertiary/aromatic N) is 1. The van der Waals surface area contributed by atoms with Gasteiger partial charge in [-0.1, -0.05) is 6.07 Å². The summed E-state index contributed by atoms with van der Waals surface area (Å²) in [6, 6.07) is 7.08. The number of piperidine rings is 1. The molecule has 0 unspecified atom stereocenters. The van der Waals surface area contributed by atoms with Crippen molar-refractivity contribution >= 4 is 29.2 Å². The van der Waals surface area contributed by atoms with Crippen molar-refractivity contribution in [3.63, 3.8) is 0 Å². The van der Waals surface area contributed by atoms with Gasteiger partial charge in [-0.3, -0.25) is 4.79 Å². The standard InChI is InChI=1S/C17H20N2O5/c1-23-16(21)11-14(17(22)24-2)18-12-6-5-7-13(10-12)19-9-4-3-8-15(19)20/h5-7,10-11,18H,3-4,8-9H2,1-2H3/b14-11+. The third-order valence-corrected chi connectivity index (χ3v) is 3.63. The van der Waals surface area contributed by atoms with Gasteiger partial charge in [-0.25, -0.2) is 9.59 Å². The Bertz CT molecular complexity index is 669. The van der Waals surface area contributed by atoms with Crippen molar-refractivity contribution in [1.82, 2.24) is 0 Å². The van der Waals surface area contributed by atoms with Crippen molar-refractivity contribution in [2.75, 3.05) is 31.0 Å². The molecule has 128 valence electrons. The summed E-state index contributed by atoms with van der Waals surface area (Å²) >= 11 is 0. The van der Waals surface area contributed by atoms with Gasteiger partial charge < -0.3 is 19.7 Å². The van der Waals surface area contributed by atoms with E-state index in [1.54, 1.807) is 23.1 Å². The number of esters is 2. The van der Waals surface area contributed by atoms with Gasteiger partial charge >= 0.3 is 11.9 Å². The van der Waals surface area contributed by atoms with Crippen LogP contribution < -0.4 is 10.2 Å². The third-order valence-electron chi connectivity index (χ3n) is 3.63. The lowest BCUT2D eigenvalue weighted by atomic mass is 10.1. The first-order valence-corrected chi connectivity index (χ1v) is 7.60. The van der Waals surface area contributed by atoms with Gasteiger partial charge in [0, 0.05) is 24.3 Å². The second-order valence-electron chi connectivity index (χ2n) is 5.25. The lowest BCUT2D eigenvalue weighted by Gasteiger charge is -2.27. The van der Waals surface area contributed by atoms with Gasteiger partial charge in [-0.15, -0.1) is 0 Å². The minimum atomic E-state index is -0.695. The van der Waals surface area contributed by atoms with Crippen molar-refractivity contribution in [3.05, 3.63) is 36.0 Å². The molecule has 1 aromatic rings. The largest absolute Gasteiger partial charge is 0.466 e. The van der Waals surface area contributed by atoms with Crippen LogP contribution in [0.2, 0.25) is 0 Å². The van der Waals surface area contributed by atoms with Crippen LogP contribution in [0.1, 0.15) is 19.3 Å². The minimum Gasteiger partial charge on any atom is -0.466 e. The average Bonchev–Trinajstić information content (AvgIpc) is 2.61. The second-order valence-corrected chi connectivity index (χ2v) is 5.25. The Morgan fingerprint density at radius 2 is 2.00 bits per heavy atom. The molecule has 7 nitrogen and oxygen atoms in total. The zero-order valence-electron chi connectivity index (χ0n) is 13.7. The summed E-state index contributed by atoms with van der Waals surface area (Å²) in [5.41, 5.74) is 1.25. The molecule has 1 aromatic carbocycles. The number of methoxy groups -OCH3 is 2. The van der Waals surface area contributed by atoms with Crippen LogP contribution in [0, 0.1) is 0 Å². The first kappa shape index (κ1) is 17.5. The molecule has 24 heavy (non-hydrogen) atoms. The number of ether oxygens (including phenoxy) is 2. The lowest BCUT2D eigenvalue weighted by molar-refractivity contribution is -0.138. The lowest BCUT2D eigenvalue weighted by Crippen LogP contribution is -2.35. The maximum Gasteiger partial charge on any atom is 0.354 e. The Kier molecular flexibility index (Phi) is 5.95. The number of hydrogen-bond donors (Lipinski definition) is 1. The van der Waals surface area contributed by atoms with E-state index < -0.39 is 11.9 Å². The van der Waals surface area contributed by atoms with Crippen molar-refractivity contribution in [2.24, 2.45) is 0 Å². The van der Waals surface area contributed by atoms with E-state index in [1.807, 2.05) is 6.07 Å². The summed E-state index contributed by atoms with van der Waals surface area (Å²) in [4.78, 5) is 36.9. The Balaban J connectivity index is 2.23. The highest BCUT2D eigenvalue weighted by atomic mass is 16.5. The second kappa shape index (κ2) is 8.14. The van der Waals surface area contributed by atoms with Crippen LogP contribution in [-0.2, 0) is 23.9 Å². The third kappa shape index (κ3) is 4.34. The molecule has 0 spiro atoms. The molecule has 0 aromatic heterocycles. The zero-order valence-corrected chi connectivity index (χ0v) is 13.7. The monoisotopic (exact) mass is 332 g/mol. The highest BCUT2D eigenvalue weighted by Gasteiger charge is 2.20. The van der Waals surface area contributed by atoms with Crippen LogP contribution in [0.25, 0.3) is 0 Å². The normalized spacial score (nSPS) is 15.0. The summed E-state index contributed by atoms with van der Waals surface area (Å²) in [7, 11) is 2.44. The molecule has 7 heteroatoms. The molecular weight excluding hydrogens is 312 g/mol. The maximum absolute atomic E-state index is 12.0. The molecule has 1 fully saturated rings. The molecule has 2 rings (SSSR count). The Labute approximate surface area is 140 Å². The van der Waals surface area contributed by atoms with Crippen LogP contribution in [0.3, 0.4) is 0 Å². The smallest absolute Gasteiger partial charge is 0.354 e. The van der Waals surface area contributed by atoms with Crippen LogP contribution in [0.15, 0.2) is 36.0 Å². The highest BCUT2D eigenvalue weighted by molar-refractivity contribution is 5.99. The maximum atomic E-state index is 12.0. The number of anilines is 2. The van der Waals surface area contributed by atoms with Crippen LogP contribution >= 0.6 is 0 Å². The van der Waals surface area contributed by atoms with Crippen molar-refractivity contribution in [1.29, 1.82) is 0 Å². The molecule has 0 atom stereocenters. The summed E-state index contributed by atoms with van der Waals surface area (Å²) < 4.78 is 9.18. The van der Waals surface area contributed by atoms with E-state index in [0.29, 0.717) is 18.7 Å². The predicted octanol–water partition coefficient (Wildman–Crippen LogP) is 1.85. The fourth-order valence-corrected chi connectivity index (χ4v) is 2.42. The summed E-state index contributed by atoms with van der Waals surface area (Å²) in [5, 5.41) is 2.84. The number of rotatable bonds is 5. The van der Waals surface area contributed by atoms with E-state index in [2.05, 4.69) is 14.8 Å². The summed E-state index contributed by atoms with van der Waals surface area (Å²) in [6.07, 6.45) is 3.42. The number of carbonyl (C=O) groups is 3. The zero-order chi connectivity index (χ0) is 17.5. The van der Waals surface area contributed by atoms with Crippen molar-refractivity contribution in [2.45, 2.75) is 19.3 Å². The quantitative estimate of drug-likeness (QED) is 0.654. The molecule has 0 radical (unpaired) electrons. The van der Waals surface area contributed by atoms with Gasteiger partial charge in [0.1, 0.15) is 5.70 Å². The van der Waals surface area contributed by atoms with E-state index in [4.69, 9.17) is 0 Å². The van der Waals surface area contributed by atoms with Gasteiger partial charge in [-0.2, -0.15) is 0 Å². The van der Waals surface area contributed by atoms with E-state index in [-0.39, 0.29) is 11.6 Å². The van der Waals surface area contributed by atoms with E-state index in [0.717, 1.165) is 24.6 Å². The number of benzene rings is 1. The summed E-state index contributed by atoms with van der Waals surface area (Å²) in [5.74, 6) is -1.29. The molecule has 1 heterocycles. The number of nitrogens with one attached hydrogen (secondary N) is 1. The molecular formula is C17H20N2O5. The van der Waals surface area contributed by atoms with E-state index in [1.165, 1.54) is 14.2 Å². The fourth-order valence-electron chi connectivity index (χ4n) is 2.42. The molecule has 1 saturated heterocycles. The van der Waals surface area contributed by atoms with E-state index >= 15 is 0 Å². The first-order valence-electron chi connectivity index (χ1n) is 7.60. The topological polar surface area (TPSA) is 84.9 Å².